The third-order valence-corrected chi connectivity index (χ3v) is 4.95. The summed E-state index contributed by atoms with van der Waals surface area (Å²) in [4.78, 5) is 28.4. The molecule has 0 radical (unpaired) electrons. The molecule has 1 aliphatic heterocycles. The van der Waals surface area contributed by atoms with E-state index in [0.29, 0.717) is 19.6 Å². The highest BCUT2D eigenvalue weighted by Crippen LogP contribution is 2.08. The van der Waals surface area contributed by atoms with Crippen LogP contribution in [0.5, 0.6) is 0 Å². The Labute approximate surface area is 166 Å². The van der Waals surface area contributed by atoms with Crippen LogP contribution in [-0.4, -0.2) is 54.5 Å². The highest BCUT2D eigenvalue weighted by molar-refractivity contribution is 5.84. The average molecular weight is 380 g/mol. The van der Waals surface area contributed by atoms with E-state index in [4.69, 9.17) is 0 Å². The van der Waals surface area contributed by atoms with Gasteiger partial charge in [-0.15, -0.1) is 0 Å². The molecule has 6 heteroatoms. The van der Waals surface area contributed by atoms with Crippen molar-refractivity contribution in [1.82, 2.24) is 20.4 Å². The van der Waals surface area contributed by atoms with Gasteiger partial charge in [-0.3, -0.25) is 9.69 Å². The van der Waals surface area contributed by atoms with Crippen LogP contribution in [0.1, 0.15) is 16.7 Å². The van der Waals surface area contributed by atoms with Gasteiger partial charge in [0.15, 0.2) is 0 Å². The number of aryl methyl sites for hydroxylation is 1. The van der Waals surface area contributed by atoms with Gasteiger partial charge in [-0.25, -0.2) is 4.79 Å². The van der Waals surface area contributed by atoms with Crippen LogP contribution >= 0.6 is 0 Å². The van der Waals surface area contributed by atoms with Gasteiger partial charge in [0.05, 0.1) is 6.54 Å². The van der Waals surface area contributed by atoms with E-state index in [1.165, 1.54) is 11.1 Å². The van der Waals surface area contributed by atoms with Gasteiger partial charge >= 0.3 is 6.03 Å². The quantitative estimate of drug-likeness (QED) is 0.807. The van der Waals surface area contributed by atoms with Gasteiger partial charge in [0, 0.05) is 39.3 Å². The first-order valence-corrected chi connectivity index (χ1v) is 9.71. The third-order valence-electron chi connectivity index (χ3n) is 4.95. The van der Waals surface area contributed by atoms with Crippen molar-refractivity contribution in [2.45, 2.75) is 20.0 Å². The van der Waals surface area contributed by atoms with E-state index in [1.54, 1.807) is 0 Å². The maximum atomic E-state index is 12.3. The van der Waals surface area contributed by atoms with Gasteiger partial charge in [-0.2, -0.15) is 0 Å². The van der Waals surface area contributed by atoms with Crippen LogP contribution in [0, 0.1) is 6.92 Å². The maximum Gasteiger partial charge on any atom is 0.315 e. The standard InChI is InChI=1S/C22H28N4O2/c1-18-7-9-19(10-8-18)15-23-22(28)24-16-21(27)26-13-11-25(12-14-26)17-20-5-3-2-4-6-20/h2-10H,11-17H2,1H3,(H2,23,24,28). The van der Waals surface area contributed by atoms with Crippen molar-refractivity contribution < 1.29 is 9.59 Å². The Morgan fingerprint density at radius 1 is 0.857 bits per heavy atom. The minimum Gasteiger partial charge on any atom is -0.339 e. The molecule has 28 heavy (non-hydrogen) atoms. The molecule has 2 aromatic carbocycles. The largest absolute Gasteiger partial charge is 0.339 e. The van der Waals surface area contributed by atoms with Crippen molar-refractivity contribution in [2.75, 3.05) is 32.7 Å². The zero-order chi connectivity index (χ0) is 19.8. The number of piperazine rings is 1. The van der Waals surface area contributed by atoms with Crippen LogP contribution in [0.3, 0.4) is 0 Å². The van der Waals surface area contributed by atoms with E-state index in [-0.39, 0.29) is 18.5 Å². The predicted octanol–water partition coefficient (Wildman–Crippen LogP) is 2.14. The fraction of sp³-hybridized carbons (Fsp3) is 0.364. The number of amides is 3. The maximum absolute atomic E-state index is 12.3. The lowest BCUT2D eigenvalue weighted by Crippen LogP contribution is -2.51. The monoisotopic (exact) mass is 380 g/mol. The molecule has 2 aromatic rings. The van der Waals surface area contributed by atoms with Gasteiger partial charge < -0.3 is 15.5 Å². The fourth-order valence-corrected chi connectivity index (χ4v) is 3.22. The first-order chi connectivity index (χ1) is 13.6. The zero-order valence-electron chi connectivity index (χ0n) is 16.4. The molecule has 0 aromatic heterocycles. The topological polar surface area (TPSA) is 64.7 Å². The van der Waals surface area contributed by atoms with E-state index >= 15 is 0 Å². The molecule has 0 unspecified atom stereocenters. The summed E-state index contributed by atoms with van der Waals surface area (Å²) < 4.78 is 0. The zero-order valence-corrected chi connectivity index (χ0v) is 16.4. The fourth-order valence-electron chi connectivity index (χ4n) is 3.22. The summed E-state index contributed by atoms with van der Waals surface area (Å²) in [6, 6.07) is 18.0. The summed E-state index contributed by atoms with van der Waals surface area (Å²) in [7, 11) is 0. The molecular weight excluding hydrogens is 352 g/mol. The van der Waals surface area contributed by atoms with Crippen molar-refractivity contribution in [3.8, 4) is 0 Å². The van der Waals surface area contributed by atoms with Gasteiger partial charge in [0.25, 0.3) is 0 Å². The molecule has 1 fully saturated rings. The second-order valence-electron chi connectivity index (χ2n) is 7.16. The number of carbonyl (C=O) groups is 2. The Morgan fingerprint density at radius 2 is 1.54 bits per heavy atom. The van der Waals surface area contributed by atoms with Crippen molar-refractivity contribution in [3.05, 3.63) is 71.3 Å². The minimum absolute atomic E-state index is 0.0262. The van der Waals surface area contributed by atoms with Gasteiger partial charge in [0.2, 0.25) is 5.91 Å². The number of nitrogens with zero attached hydrogens (tertiary/aromatic N) is 2. The number of urea groups is 1. The molecule has 1 saturated heterocycles. The molecule has 3 rings (SSSR count). The Morgan fingerprint density at radius 3 is 2.21 bits per heavy atom. The number of hydrogen-bond acceptors (Lipinski definition) is 3. The van der Waals surface area contributed by atoms with Crippen LogP contribution in [0.2, 0.25) is 0 Å². The normalized spacial score (nSPS) is 14.5. The van der Waals surface area contributed by atoms with E-state index in [1.807, 2.05) is 54.3 Å². The van der Waals surface area contributed by atoms with Crippen molar-refractivity contribution in [2.24, 2.45) is 0 Å². The number of hydrogen-bond donors (Lipinski definition) is 2. The van der Waals surface area contributed by atoms with E-state index < -0.39 is 0 Å². The van der Waals surface area contributed by atoms with Crippen molar-refractivity contribution in [1.29, 1.82) is 0 Å². The molecule has 6 nitrogen and oxygen atoms in total. The second-order valence-corrected chi connectivity index (χ2v) is 7.16. The van der Waals surface area contributed by atoms with Crippen LogP contribution in [0.15, 0.2) is 54.6 Å². The Bertz CT molecular complexity index is 769. The smallest absolute Gasteiger partial charge is 0.315 e. The summed E-state index contributed by atoms with van der Waals surface area (Å²) in [6.07, 6.45) is 0. The van der Waals surface area contributed by atoms with Gasteiger partial charge in [-0.05, 0) is 18.1 Å². The number of nitrogens with one attached hydrogen (secondary N) is 2. The number of rotatable bonds is 6. The highest BCUT2D eigenvalue weighted by atomic mass is 16.2. The first kappa shape index (κ1) is 19.9. The number of carbonyl (C=O) groups excluding carboxylic acids is 2. The second kappa shape index (κ2) is 9.90. The van der Waals surface area contributed by atoms with E-state index in [2.05, 4.69) is 27.7 Å². The lowest BCUT2D eigenvalue weighted by Gasteiger charge is -2.34. The molecule has 1 aliphatic rings. The Hall–Kier alpha value is -2.86. The summed E-state index contributed by atoms with van der Waals surface area (Å²) in [6.45, 7) is 6.48. The third kappa shape index (κ3) is 6.09. The van der Waals surface area contributed by atoms with Crippen LogP contribution < -0.4 is 10.6 Å². The predicted molar refractivity (Wildman–Crippen MR) is 110 cm³/mol. The molecular formula is C22H28N4O2. The molecule has 0 saturated carbocycles. The van der Waals surface area contributed by atoms with E-state index in [9.17, 15) is 9.59 Å². The van der Waals surface area contributed by atoms with E-state index in [0.717, 1.165) is 25.2 Å². The molecule has 1 heterocycles. The molecule has 0 atom stereocenters. The van der Waals surface area contributed by atoms with Crippen LogP contribution in [-0.2, 0) is 17.9 Å². The average Bonchev–Trinajstić information content (AvgIpc) is 2.73. The number of benzene rings is 2. The molecule has 148 valence electrons. The van der Waals surface area contributed by atoms with Crippen molar-refractivity contribution in [3.63, 3.8) is 0 Å². The molecule has 3 amide bonds. The molecule has 2 N–H and O–H groups in total. The van der Waals surface area contributed by atoms with Gasteiger partial charge in [0.1, 0.15) is 0 Å². The Balaban J connectivity index is 1.34. The first-order valence-electron chi connectivity index (χ1n) is 9.71. The van der Waals surface area contributed by atoms with Crippen LogP contribution in [0.25, 0.3) is 0 Å². The summed E-state index contributed by atoms with van der Waals surface area (Å²) in [5, 5.41) is 5.44. The lowest BCUT2D eigenvalue weighted by atomic mass is 10.1. The molecule has 0 aliphatic carbocycles. The van der Waals surface area contributed by atoms with Crippen molar-refractivity contribution >= 4 is 11.9 Å². The lowest BCUT2D eigenvalue weighted by molar-refractivity contribution is -0.131. The van der Waals surface area contributed by atoms with Crippen LogP contribution in [0.4, 0.5) is 4.79 Å². The highest BCUT2D eigenvalue weighted by Gasteiger charge is 2.21. The SMILES string of the molecule is Cc1ccc(CNC(=O)NCC(=O)N2CCN(Cc3ccccc3)CC2)cc1. The molecule has 0 bridgehead atoms. The molecule has 0 spiro atoms. The summed E-state index contributed by atoms with van der Waals surface area (Å²) >= 11 is 0. The summed E-state index contributed by atoms with van der Waals surface area (Å²) in [5.74, 6) is -0.0372. The minimum atomic E-state index is -0.323. The Kier molecular flexibility index (Phi) is 7.03. The summed E-state index contributed by atoms with van der Waals surface area (Å²) in [5.41, 5.74) is 3.50. The van der Waals surface area contributed by atoms with Gasteiger partial charge in [-0.1, -0.05) is 60.2 Å².